The number of carbonyl (C=O) groups is 1. The quantitative estimate of drug-likeness (QED) is 0.594. The topological polar surface area (TPSA) is 20.3 Å². The van der Waals surface area contributed by atoms with Gasteiger partial charge in [0.05, 0.1) is 0 Å². The SMILES string of the molecule is CN(C(=O)CCCl)c1cc[c]([Ge])cc1. The molecule has 73 valence electrons. The standard InChI is InChI=1S/C10H11ClGeNO/c1-13(10(14)6-7-11)9-4-2-8(12)3-5-9/h2-5H,6-7H2,1H3. The van der Waals surface area contributed by atoms with Crippen molar-refractivity contribution < 1.29 is 4.79 Å². The van der Waals surface area contributed by atoms with E-state index in [2.05, 4.69) is 0 Å². The maximum absolute atomic E-state index is 11.5. The minimum absolute atomic E-state index is 0.0452. The summed E-state index contributed by atoms with van der Waals surface area (Å²) in [4.78, 5) is 13.1. The Hall–Kier alpha value is -0.477. The van der Waals surface area contributed by atoms with Crippen LogP contribution in [0.25, 0.3) is 0 Å². The second kappa shape index (κ2) is 5.42. The third kappa shape index (κ3) is 3.03. The number of benzene rings is 1. The molecule has 1 aromatic rings. The van der Waals surface area contributed by atoms with E-state index in [4.69, 9.17) is 11.6 Å². The summed E-state index contributed by atoms with van der Waals surface area (Å²) in [7, 11) is 1.76. The molecule has 1 rings (SSSR count). The molecule has 0 heterocycles. The van der Waals surface area contributed by atoms with Crippen LogP contribution in [0.2, 0.25) is 0 Å². The van der Waals surface area contributed by atoms with Crippen molar-refractivity contribution in [3.05, 3.63) is 24.3 Å². The average Bonchev–Trinajstić information content (AvgIpc) is 2.18. The molecule has 1 amide bonds. The van der Waals surface area contributed by atoms with Gasteiger partial charge in [0.2, 0.25) is 0 Å². The Labute approximate surface area is 97.5 Å². The Kier molecular flexibility index (Phi) is 4.49. The summed E-state index contributed by atoms with van der Waals surface area (Å²) < 4.78 is 1.19. The van der Waals surface area contributed by atoms with E-state index in [0.29, 0.717) is 12.3 Å². The number of hydrogen-bond acceptors (Lipinski definition) is 1. The van der Waals surface area contributed by atoms with Crippen LogP contribution in [0.15, 0.2) is 24.3 Å². The van der Waals surface area contributed by atoms with Gasteiger partial charge in [0.1, 0.15) is 0 Å². The molecule has 0 aromatic heterocycles. The number of halogens is 1. The molecule has 0 N–H and O–H groups in total. The minimum atomic E-state index is 0.0452. The molecule has 0 saturated heterocycles. The van der Waals surface area contributed by atoms with E-state index in [0.717, 1.165) is 5.69 Å². The van der Waals surface area contributed by atoms with E-state index >= 15 is 0 Å². The van der Waals surface area contributed by atoms with E-state index in [1.807, 2.05) is 40.8 Å². The molecule has 0 saturated carbocycles. The van der Waals surface area contributed by atoms with Crippen LogP contribution in [0.5, 0.6) is 0 Å². The van der Waals surface area contributed by atoms with Gasteiger partial charge in [-0.15, -0.1) is 0 Å². The van der Waals surface area contributed by atoms with Crippen LogP contribution in [0.1, 0.15) is 6.42 Å². The van der Waals surface area contributed by atoms with Gasteiger partial charge in [-0.3, -0.25) is 0 Å². The first-order valence-electron chi connectivity index (χ1n) is 4.29. The zero-order valence-corrected chi connectivity index (χ0v) is 10.8. The van der Waals surface area contributed by atoms with E-state index in [1.54, 1.807) is 11.9 Å². The molecule has 0 aliphatic carbocycles. The van der Waals surface area contributed by atoms with Crippen molar-refractivity contribution in [2.75, 3.05) is 17.8 Å². The van der Waals surface area contributed by atoms with Crippen LogP contribution in [-0.4, -0.2) is 35.3 Å². The Morgan fingerprint density at radius 1 is 1.43 bits per heavy atom. The molecule has 0 unspecified atom stereocenters. The molecule has 0 spiro atoms. The number of carbonyl (C=O) groups excluding carboxylic acids is 1. The summed E-state index contributed by atoms with van der Waals surface area (Å²) in [5, 5.41) is 0. The predicted molar refractivity (Wildman–Crippen MR) is 60.6 cm³/mol. The van der Waals surface area contributed by atoms with E-state index in [-0.39, 0.29) is 5.91 Å². The third-order valence-corrected chi connectivity index (χ3v) is 2.83. The third-order valence-electron chi connectivity index (χ3n) is 1.94. The Balaban J connectivity index is 2.73. The van der Waals surface area contributed by atoms with Crippen molar-refractivity contribution in [1.29, 1.82) is 0 Å². The summed E-state index contributed by atoms with van der Waals surface area (Å²) >= 11 is 7.52. The van der Waals surface area contributed by atoms with Gasteiger partial charge in [0.25, 0.3) is 0 Å². The van der Waals surface area contributed by atoms with Gasteiger partial charge in [-0.25, -0.2) is 0 Å². The molecule has 2 nitrogen and oxygen atoms in total. The van der Waals surface area contributed by atoms with Gasteiger partial charge in [-0.1, -0.05) is 0 Å². The first kappa shape index (κ1) is 11.6. The van der Waals surface area contributed by atoms with E-state index < -0.39 is 0 Å². The zero-order valence-electron chi connectivity index (χ0n) is 7.96. The fraction of sp³-hybridized carbons (Fsp3) is 0.300. The summed E-state index contributed by atoms with van der Waals surface area (Å²) in [5.41, 5.74) is 0.908. The number of anilines is 1. The van der Waals surface area contributed by atoms with Crippen LogP contribution in [-0.2, 0) is 4.79 Å². The van der Waals surface area contributed by atoms with E-state index in [9.17, 15) is 4.79 Å². The summed E-state index contributed by atoms with van der Waals surface area (Å²) in [6.07, 6.45) is 0.381. The van der Waals surface area contributed by atoms with Crippen molar-refractivity contribution in [2.24, 2.45) is 0 Å². The molecule has 0 atom stereocenters. The number of amides is 1. The fourth-order valence-corrected chi connectivity index (χ4v) is 1.59. The normalized spacial score (nSPS) is 9.93. The van der Waals surface area contributed by atoms with Crippen LogP contribution in [0.3, 0.4) is 0 Å². The zero-order chi connectivity index (χ0) is 10.6. The average molecular weight is 269 g/mol. The van der Waals surface area contributed by atoms with Crippen LogP contribution in [0, 0.1) is 0 Å². The molecule has 0 aliphatic heterocycles. The van der Waals surface area contributed by atoms with Crippen molar-refractivity contribution in [2.45, 2.75) is 6.42 Å². The van der Waals surface area contributed by atoms with Gasteiger partial charge >= 0.3 is 97.4 Å². The van der Waals surface area contributed by atoms with Gasteiger partial charge in [-0.2, -0.15) is 0 Å². The summed E-state index contributed by atoms with van der Waals surface area (Å²) in [6, 6.07) is 7.84. The molecule has 0 aliphatic rings. The Bertz CT molecular complexity index is 312. The van der Waals surface area contributed by atoms with Gasteiger partial charge in [0.15, 0.2) is 0 Å². The molecule has 14 heavy (non-hydrogen) atoms. The van der Waals surface area contributed by atoms with Gasteiger partial charge < -0.3 is 0 Å². The number of rotatable bonds is 3. The van der Waals surface area contributed by atoms with Gasteiger partial charge in [0, 0.05) is 0 Å². The van der Waals surface area contributed by atoms with Crippen molar-refractivity contribution >= 4 is 44.1 Å². The predicted octanol–water partition coefficient (Wildman–Crippen LogP) is 1.07. The van der Waals surface area contributed by atoms with Crippen LogP contribution in [0.4, 0.5) is 5.69 Å². The molecule has 1 aromatic carbocycles. The van der Waals surface area contributed by atoms with Crippen molar-refractivity contribution in [1.82, 2.24) is 0 Å². The fourth-order valence-electron chi connectivity index (χ4n) is 1.08. The van der Waals surface area contributed by atoms with Gasteiger partial charge in [-0.05, 0) is 0 Å². The second-order valence-corrected chi connectivity index (χ2v) is 4.53. The number of alkyl halides is 1. The summed E-state index contributed by atoms with van der Waals surface area (Å²) in [6.45, 7) is 0. The van der Waals surface area contributed by atoms with Crippen LogP contribution < -0.4 is 9.30 Å². The molecule has 3 radical (unpaired) electrons. The first-order chi connectivity index (χ1) is 6.65. The maximum atomic E-state index is 11.5. The van der Waals surface area contributed by atoms with Crippen molar-refractivity contribution in [3.8, 4) is 0 Å². The Morgan fingerprint density at radius 2 is 2.00 bits per heavy atom. The molecule has 0 fully saturated rings. The Morgan fingerprint density at radius 3 is 2.50 bits per heavy atom. The molecule has 4 heteroatoms. The molecular formula is C10H11ClGeNO. The number of hydrogen-bond donors (Lipinski definition) is 0. The monoisotopic (exact) mass is 270 g/mol. The summed E-state index contributed by atoms with van der Waals surface area (Å²) in [5.74, 6) is 0.415. The van der Waals surface area contributed by atoms with E-state index in [1.165, 1.54) is 4.40 Å². The number of nitrogens with zero attached hydrogens (tertiary/aromatic N) is 1. The first-order valence-corrected chi connectivity index (χ1v) is 5.87. The van der Waals surface area contributed by atoms with Crippen LogP contribution >= 0.6 is 11.6 Å². The second-order valence-electron chi connectivity index (χ2n) is 2.94. The molecular weight excluding hydrogens is 258 g/mol. The van der Waals surface area contributed by atoms with Crippen molar-refractivity contribution in [3.63, 3.8) is 0 Å². The molecule has 0 bridgehead atoms.